The Kier molecular flexibility index (Phi) is 9.20. The highest BCUT2D eigenvalue weighted by Gasteiger charge is 2.40. The second-order valence-electron chi connectivity index (χ2n) is 12.2. The summed E-state index contributed by atoms with van der Waals surface area (Å²) in [5.41, 5.74) is 3.63. The number of nitrogens with one attached hydrogen (secondary N) is 2. The normalized spacial score (nSPS) is 21.3. The number of halogens is 1. The predicted octanol–water partition coefficient (Wildman–Crippen LogP) is 5.37. The van der Waals surface area contributed by atoms with Crippen molar-refractivity contribution in [2.75, 3.05) is 17.9 Å². The summed E-state index contributed by atoms with van der Waals surface area (Å²) in [4.78, 5) is 25.1. The van der Waals surface area contributed by atoms with E-state index in [2.05, 4.69) is 47.7 Å². The van der Waals surface area contributed by atoms with Crippen molar-refractivity contribution in [2.24, 2.45) is 5.92 Å². The van der Waals surface area contributed by atoms with E-state index < -0.39 is 10.0 Å². The molecule has 3 aromatic rings. The molecule has 2 aliphatic heterocycles. The highest BCUT2D eigenvalue weighted by atomic mass is 35.5. The molecule has 3 heterocycles. The van der Waals surface area contributed by atoms with Crippen molar-refractivity contribution in [1.82, 2.24) is 20.2 Å². The Hall–Kier alpha value is -3.21. The van der Waals surface area contributed by atoms with Crippen LogP contribution in [0.25, 0.3) is 11.3 Å². The Bertz CT molecular complexity index is 1560. The average Bonchev–Trinajstić information content (AvgIpc) is 3.25. The second kappa shape index (κ2) is 12.2. The van der Waals surface area contributed by atoms with Crippen LogP contribution in [-0.4, -0.2) is 60.0 Å². The number of anilines is 1. The molecule has 2 atom stereocenters. The lowest BCUT2D eigenvalue weighted by Crippen LogP contribution is -2.51. The fourth-order valence-electron chi connectivity index (χ4n) is 5.96. The summed E-state index contributed by atoms with van der Waals surface area (Å²) >= 11 is 0. The number of carbonyl (C=O) groups excluding carboxylic acids is 1. The molecule has 5 rings (SSSR count). The molecule has 2 aliphatic rings. The van der Waals surface area contributed by atoms with E-state index in [0.29, 0.717) is 24.2 Å². The van der Waals surface area contributed by atoms with Crippen LogP contribution in [0.15, 0.2) is 53.4 Å². The molecule has 0 aliphatic carbocycles. The summed E-state index contributed by atoms with van der Waals surface area (Å²) in [6.07, 6.45) is 1.47. The van der Waals surface area contributed by atoms with Crippen molar-refractivity contribution in [3.05, 3.63) is 65.2 Å². The number of aryl methyl sites for hydroxylation is 2. The Morgan fingerprint density at radius 2 is 1.76 bits per heavy atom. The van der Waals surface area contributed by atoms with Crippen molar-refractivity contribution < 1.29 is 17.9 Å². The summed E-state index contributed by atoms with van der Waals surface area (Å²) in [5.74, 6) is 0.230. The average molecular weight is 614 g/mol. The first-order valence-electron chi connectivity index (χ1n) is 14.1. The smallest absolute Gasteiger partial charge is 0.264 e. The SMILES string of the molecule is Cc1cccc(C)c1-c1cc2nc(n1)NS(=O)(=O)c1cccc(c1)C(=O)N(C1CNC(C)(C)C1)[C@H](CC(C)C)CO2.Cl. The molecule has 4 bridgehead atoms. The molecular weight excluding hydrogens is 574 g/mol. The minimum absolute atomic E-state index is 0. The number of fused-ring (bicyclic) bond motifs is 4. The molecule has 226 valence electrons. The van der Waals surface area contributed by atoms with Crippen molar-refractivity contribution in [3.63, 3.8) is 0 Å². The number of hydrogen-bond donors (Lipinski definition) is 2. The van der Waals surface area contributed by atoms with Gasteiger partial charge >= 0.3 is 0 Å². The number of rotatable bonds is 4. The highest BCUT2D eigenvalue weighted by molar-refractivity contribution is 7.92. The fraction of sp³-hybridized carbons (Fsp3) is 0.452. The third kappa shape index (κ3) is 6.71. The standard InChI is InChI=1S/C31H39N5O4S.ClH/c1-19(2)13-23-18-40-27-15-26(28-20(3)9-7-10-21(28)4)33-30(34-27)35-41(38,39)25-12-8-11-22(14-25)29(37)36(23)24-16-31(5,6)32-17-24;/h7-12,14-15,19,23-24,32H,13,16-18H2,1-6H3,(H,33,34,35);1H/t23-,24?;/m1./s1. The maximum absolute atomic E-state index is 14.2. The molecule has 1 aromatic heterocycles. The first-order valence-corrected chi connectivity index (χ1v) is 15.6. The van der Waals surface area contributed by atoms with E-state index in [4.69, 9.17) is 4.74 Å². The first-order chi connectivity index (χ1) is 19.3. The molecule has 1 unspecified atom stereocenters. The van der Waals surface area contributed by atoms with Crippen LogP contribution in [0, 0.1) is 19.8 Å². The molecule has 0 saturated carbocycles. The minimum atomic E-state index is -4.10. The summed E-state index contributed by atoms with van der Waals surface area (Å²) in [7, 11) is -4.10. The predicted molar refractivity (Wildman–Crippen MR) is 167 cm³/mol. The maximum atomic E-state index is 14.2. The van der Waals surface area contributed by atoms with Gasteiger partial charge in [-0.25, -0.2) is 18.1 Å². The molecule has 2 N–H and O–H groups in total. The Morgan fingerprint density at radius 1 is 1.07 bits per heavy atom. The topological polar surface area (TPSA) is 114 Å². The summed E-state index contributed by atoms with van der Waals surface area (Å²) in [6.45, 7) is 13.3. The van der Waals surface area contributed by atoms with Gasteiger partial charge in [0.2, 0.25) is 11.8 Å². The van der Waals surface area contributed by atoms with Crippen molar-refractivity contribution in [2.45, 2.75) is 76.9 Å². The largest absolute Gasteiger partial charge is 0.475 e. The Morgan fingerprint density at radius 3 is 2.40 bits per heavy atom. The van der Waals surface area contributed by atoms with Gasteiger partial charge in [0.1, 0.15) is 6.61 Å². The van der Waals surface area contributed by atoms with Gasteiger partial charge in [-0.15, -0.1) is 12.4 Å². The fourth-order valence-corrected chi connectivity index (χ4v) is 6.95. The van der Waals surface area contributed by atoms with E-state index in [1.165, 1.54) is 12.1 Å². The van der Waals surface area contributed by atoms with Crippen LogP contribution < -0.4 is 14.8 Å². The molecule has 1 fully saturated rings. The van der Waals surface area contributed by atoms with E-state index >= 15 is 0 Å². The quantitative estimate of drug-likeness (QED) is 0.406. The zero-order valence-corrected chi connectivity index (χ0v) is 26.6. The van der Waals surface area contributed by atoms with Crippen LogP contribution in [0.4, 0.5) is 5.95 Å². The van der Waals surface area contributed by atoms with Gasteiger partial charge in [-0.2, -0.15) is 4.98 Å². The van der Waals surface area contributed by atoms with E-state index in [-0.39, 0.29) is 65.2 Å². The van der Waals surface area contributed by atoms with Gasteiger partial charge in [0.05, 0.1) is 16.6 Å². The van der Waals surface area contributed by atoms with Gasteiger partial charge < -0.3 is 15.0 Å². The summed E-state index contributed by atoms with van der Waals surface area (Å²) < 4.78 is 35.9. The maximum Gasteiger partial charge on any atom is 0.264 e. The zero-order valence-electron chi connectivity index (χ0n) is 25.0. The Balaban J connectivity index is 0.00000405. The van der Waals surface area contributed by atoms with Gasteiger partial charge in [0, 0.05) is 35.3 Å². The molecular formula is C31H40ClN5O4S. The zero-order chi connectivity index (χ0) is 29.5. The number of carbonyl (C=O) groups is 1. The number of aromatic nitrogens is 2. The van der Waals surface area contributed by atoms with Crippen LogP contribution in [0.1, 0.15) is 62.0 Å². The number of nitrogens with zero attached hydrogens (tertiary/aromatic N) is 3. The van der Waals surface area contributed by atoms with Crippen LogP contribution in [0.5, 0.6) is 5.88 Å². The molecule has 0 radical (unpaired) electrons. The third-order valence-electron chi connectivity index (χ3n) is 7.81. The lowest BCUT2D eigenvalue weighted by atomic mass is 9.96. The van der Waals surface area contributed by atoms with Gasteiger partial charge in [-0.1, -0.05) is 38.1 Å². The molecule has 0 spiro atoms. The highest BCUT2D eigenvalue weighted by Crippen LogP contribution is 2.32. The van der Waals surface area contributed by atoms with Crippen molar-refractivity contribution in [3.8, 4) is 17.1 Å². The number of ether oxygens (including phenoxy) is 1. The summed E-state index contributed by atoms with van der Waals surface area (Å²) in [5, 5.41) is 3.53. The van der Waals surface area contributed by atoms with Gasteiger partial charge in [-0.3, -0.25) is 4.79 Å². The minimum Gasteiger partial charge on any atom is -0.475 e. The van der Waals surface area contributed by atoms with Crippen LogP contribution in [-0.2, 0) is 10.0 Å². The lowest BCUT2D eigenvalue weighted by molar-refractivity contribution is 0.0457. The number of benzene rings is 2. The van der Waals surface area contributed by atoms with E-state index in [1.807, 2.05) is 36.9 Å². The van der Waals surface area contributed by atoms with E-state index in [1.54, 1.807) is 18.2 Å². The third-order valence-corrected chi connectivity index (χ3v) is 9.13. The number of sulfonamides is 1. The van der Waals surface area contributed by atoms with Gasteiger partial charge in [0.15, 0.2) is 0 Å². The Labute approximate surface area is 254 Å². The number of hydrogen-bond acceptors (Lipinski definition) is 7. The van der Waals surface area contributed by atoms with E-state index in [9.17, 15) is 13.2 Å². The van der Waals surface area contributed by atoms with Crippen molar-refractivity contribution in [1.29, 1.82) is 0 Å². The van der Waals surface area contributed by atoms with Crippen molar-refractivity contribution >= 4 is 34.3 Å². The molecule has 11 heteroatoms. The lowest BCUT2D eigenvalue weighted by Gasteiger charge is -2.37. The van der Waals surface area contributed by atoms with Crippen LogP contribution >= 0.6 is 12.4 Å². The van der Waals surface area contributed by atoms with Crippen LogP contribution in [0.3, 0.4) is 0 Å². The molecule has 2 aromatic carbocycles. The first kappa shape index (κ1) is 31.7. The number of amides is 1. The monoisotopic (exact) mass is 613 g/mol. The molecule has 1 amide bonds. The van der Waals surface area contributed by atoms with E-state index in [0.717, 1.165) is 23.1 Å². The molecule has 42 heavy (non-hydrogen) atoms. The van der Waals surface area contributed by atoms with Gasteiger partial charge in [-0.05, 0) is 75.8 Å². The summed E-state index contributed by atoms with van der Waals surface area (Å²) in [6, 6.07) is 13.5. The van der Waals surface area contributed by atoms with Gasteiger partial charge in [0.25, 0.3) is 15.9 Å². The van der Waals surface area contributed by atoms with Crippen LogP contribution in [0.2, 0.25) is 0 Å². The molecule has 1 saturated heterocycles. The second-order valence-corrected chi connectivity index (χ2v) is 13.9. The molecule has 9 nitrogen and oxygen atoms in total.